The zero-order valence-electron chi connectivity index (χ0n) is 13.0. The van der Waals surface area contributed by atoms with Crippen molar-refractivity contribution >= 4 is 0 Å². The third kappa shape index (κ3) is 4.26. The van der Waals surface area contributed by atoms with E-state index in [0.717, 1.165) is 42.0 Å². The Morgan fingerprint density at radius 3 is 2.62 bits per heavy atom. The highest BCUT2D eigenvalue weighted by Gasteiger charge is 2.07. The maximum atomic E-state index is 5.95. The van der Waals surface area contributed by atoms with Gasteiger partial charge in [-0.25, -0.2) is 4.98 Å². The molecule has 0 saturated carbocycles. The average molecular weight is 285 g/mol. The van der Waals surface area contributed by atoms with Gasteiger partial charge in [-0.05, 0) is 43.9 Å². The predicted molar refractivity (Wildman–Crippen MR) is 84.6 cm³/mol. The summed E-state index contributed by atoms with van der Waals surface area (Å²) in [7, 11) is 0. The molecule has 0 aliphatic heterocycles. The summed E-state index contributed by atoms with van der Waals surface area (Å²) in [6, 6.07) is 7.99. The van der Waals surface area contributed by atoms with Crippen LogP contribution in [-0.2, 0) is 12.8 Å². The molecule has 4 nitrogen and oxygen atoms in total. The monoisotopic (exact) mass is 285 g/mol. The fourth-order valence-corrected chi connectivity index (χ4v) is 2.10. The molecule has 2 heterocycles. The summed E-state index contributed by atoms with van der Waals surface area (Å²) in [5.74, 6) is 1.36. The highest BCUT2D eigenvalue weighted by atomic mass is 16.5. The first kappa shape index (κ1) is 15.4. The third-order valence-corrected chi connectivity index (χ3v) is 3.44. The molecule has 0 radical (unpaired) electrons. The second kappa shape index (κ2) is 7.18. The molecule has 4 heteroatoms. The lowest BCUT2D eigenvalue weighted by Crippen LogP contribution is -2.21. The van der Waals surface area contributed by atoms with Gasteiger partial charge in [-0.1, -0.05) is 19.9 Å². The Morgan fingerprint density at radius 2 is 2.00 bits per heavy atom. The number of aromatic nitrogens is 2. The number of rotatable bonds is 6. The number of nitrogens with two attached hydrogens (primary N) is 1. The summed E-state index contributed by atoms with van der Waals surface area (Å²) in [5, 5.41) is 0. The van der Waals surface area contributed by atoms with E-state index in [1.54, 1.807) is 0 Å². The van der Waals surface area contributed by atoms with Crippen LogP contribution in [0, 0.1) is 6.92 Å². The Balaban J connectivity index is 2.10. The molecule has 0 spiro atoms. The molecule has 0 fully saturated rings. The largest absolute Gasteiger partial charge is 0.437 e. The van der Waals surface area contributed by atoms with Crippen LogP contribution in [0.3, 0.4) is 0 Å². The molecule has 0 aliphatic carbocycles. The lowest BCUT2D eigenvalue weighted by molar-refractivity contribution is 0.453. The zero-order valence-corrected chi connectivity index (χ0v) is 13.0. The molecule has 0 saturated heterocycles. The molecule has 0 aromatic carbocycles. The van der Waals surface area contributed by atoms with E-state index in [2.05, 4.69) is 23.8 Å². The van der Waals surface area contributed by atoms with Crippen LogP contribution in [0.4, 0.5) is 0 Å². The minimum Gasteiger partial charge on any atom is -0.437 e. The smallest absolute Gasteiger partial charge is 0.219 e. The molecule has 2 rings (SSSR count). The third-order valence-electron chi connectivity index (χ3n) is 3.44. The van der Waals surface area contributed by atoms with E-state index in [-0.39, 0.29) is 6.04 Å². The fraction of sp³-hybridized carbons (Fsp3) is 0.412. The van der Waals surface area contributed by atoms with Gasteiger partial charge in [0.2, 0.25) is 5.88 Å². The maximum absolute atomic E-state index is 5.95. The summed E-state index contributed by atoms with van der Waals surface area (Å²) >= 11 is 0. The van der Waals surface area contributed by atoms with E-state index in [4.69, 9.17) is 10.5 Å². The predicted octanol–water partition coefficient (Wildman–Crippen LogP) is 3.42. The molecule has 1 unspecified atom stereocenters. The normalized spacial score (nSPS) is 12.2. The van der Waals surface area contributed by atoms with Crippen LogP contribution >= 0.6 is 0 Å². The summed E-state index contributed by atoms with van der Waals surface area (Å²) < 4.78 is 5.84. The topological polar surface area (TPSA) is 61.0 Å². The van der Waals surface area contributed by atoms with Crippen molar-refractivity contribution in [1.82, 2.24) is 9.97 Å². The SMILES string of the molecule is CCc1nc(C)ccc1Oc1ccc(CC(N)CC)cn1. The van der Waals surface area contributed by atoms with Crippen molar-refractivity contribution in [2.75, 3.05) is 0 Å². The minimum absolute atomic E-state index is 0.187. The summed E-state index contributed by atoms with van der Waals surface area (Å²) in [5.41, 5.74) is 9.03. The van der Waals surface area contributed by atoms with E-state index in [0.29, 0.717) is 5.88 Å². The molecular weight excluding hydrogens is 262 g/mol. The van der Waals surface area contributed by atoms with Crippen molar-refractivity contribution < 1.29 is 4.74 Å². The van der Waals surface area contributed by atoms with E-state index in [1.807, 2.05) is 37.4 Å². The molecule has 112 valence electrons. The molecule has 0 amide bonds. The van der Waals surface area contributed by atoms with Gasteiger partial charge in [-0.2, -0.15) is 0 Å². The molecular formula is C17H23N3O. The van der Waals surface area contributed by atoms with Crippen LogP contribution in [0.1, 0.15) is 37.2 Å². The summed E-state index contributed by atoms with van der Waals surface area (Å²) in [6.07, 6.45) is 4.47. The highest BCUT2D eigenvalue weighted by Crippen LogP contribution is 2.23. The van der Waals surface area contributed by atoms with E-state index >= 15 is 0 Å². The van der Waals surface area contributed by atoms with Gasteiger partial charge in [0.25, 0.3) is 0 Å². The average Bonchev–Trinajstić information content (AvgIpc) is 2.50. The number of aryl methyl sites for hydroxylation is 2. The fourth-order valence-electron chi connectivity index (χ4n) is 2.10. The van der Waals surface area contributed by atoms with Crippen molar-refractivity contribution in [2.24, 2.45) is 5.73 Å². The van der Waals surface area contributed by atoms with Crippen molar-refractivity contribution in [3.8, 4) is 11.6 Å². The molecule has 21 heavy (non-hydrogen) atoms. The molecule has 1 atom stereocenters. The van der Waals surface area contributed by atoms with Crippen LogP contribution in [0.25, 0.3) is 0 Å². The summed E-state index contributed by atoms with van der Waals surface area (Å²) in [4.78, 5) is 8.84. The Morgan fingerprint density at radius 1 is 1.19 bits per heavy atom. The number of pyridine rings is 2. The minimum atomic E-state index is 0.187. The second-order valence-corrected chi connectivity index (χ2v) is 5.23. The lowest BCUT2D eigenvalue weighted by Gasteiger charge is -2.11. The van der Waals surface area contributed by atoms with Gasteiger partial charge in [0.05, 0.1) is 5.69 Å². The Bertz CT molecular complexity index is 581. The first-order valence-corrected chi connectivity index (χ1v) is 7.47. The van der Waals surface area contributed by atoms with Crippen molar-refractivity contribution in [3.05, 3.63) is 47.4 Å². The van der Waals surface area contributed by atoms with Crippen LogP contribution in [0.2, 0.25) is 0 Å². The summed E-state index contributed by atoms with van der Waals surface area (Å²) in [6.45, 7) is 6.14. The number of ether oxygens (including phenoxy) is 1. The molecule has 2 aromatic rings. The van der Waals surface area contributed by atoms with Gasteiger partial charge in [0, 0.05) is 24.0 Å². The first-order valence-electron chi connectivity index (χ1n) is 7.47. The number of hydrogen-bond acceptors (Lipinski definition) is 4. The Kier molecular flexibility index (Phi) is 5.28. The molecule has 2 aromatic heterocycles. The lowest BCUT2D eigenvalue weighted by atomic mass is 10.1. The van der Waals surface area contributed by atoms with Gasteiger partial charge in [0.15, 0.2) is 5.75 Å². The van der Waals surface area contributed by atoms with Gasteiger partial charge in [0.1, 0.15) is 0 Å². The van der Waals surface area contributed by atoms with Crippen LogP contribution in [-0.4, -0.2) is 16.0 Å². The van der Waals surface area contributed by atoms with E-state index in [1.165, 1.54) is 0 Å². The van der Waals surface area contributed by atoms with Crippen molar-refractivity contribution in [2.45, 2.75) is 46.1 Å². The van der Waals surface area contributed by atoms with Gasteiger partial charge in [-0.15, -0.1) is 0 Å². The maximum Gasteiger partial charge on any atom is 0.219 e. The van der Waals surface area contributed by atoms with E-state index in [9.17, 15) is 0 Å². The highest BCUT2D eigenvalue weighted by molar-refractivity contribution is 5.33. The number of nitrogens with zero attached hydrogens (tertiary/aromatic N) is 2. The van der Waals surface area contributed by atoms with Crippen molar-refractivity contribution in [3.63, 3.8) is 0 Å². The Labute approximate surface area is 126 Å². The van der Waals surface area contributed by atoms with Gasteiger partial charge < -0.3 is 10.5 Å². The zero-order chi connectivity index (χ0) is 15.2. The van der Waals surface area contributed by atoms with Gasteiger partial charge in [-0.3, -0.25) is 4.98 Å². The first-order chi connectivity index (χ1) is 10.1. The second-order valence-electron chi connectivity index (χ2n) is 5.23. The quantitative estimate of drug-likeness (QED) is 0.883. The molecule has 2 N–H and O–H groups in total. The van der Waals surface area contributed by atoms with Gasteiger partial charge >= 0.3 is 0 Å². The van der Waals surface area contributed by atoms with E-state index < -0.39 is 0 Å². The van der Waals surface area contributed by atoms with Crippen molar-refractivity contribution in [1.29, 1.82) is 0 Å². The molecule has 0 bridgehead atoms. The number of hydrogen-bond donors (Lipinski definition) is 1. The van der Waals surface area contributed by atoms with Crippen LogP contribution < -0.4 is 10.5 Å². The Hall–Kier alpha value is -1.94. The van der Waals surface area contributed by atoms with Crippen LogP contribution in [0.5, 0.6) is 11.6 Å². The standard InChI is InChI=1S/C17H23N3O/c1-4-14(18)10-13-7-9-17(19-11-13)21-16-8-6-12(3)20-15(16)5-2/h6-9,11,14H,4-5,10,18H2,1-3H3. The molecule has 0 aliphatic rings. The van der Waals surface area contributed by atoms with Crippen LogP contribution in [0.15, 0.2) is 30.5 Å².